The summed E-state index contributed by atoms with van der Waals surface area (Å²) in [6, 6.07) is 7.80. The number of aromatic nitrogens is 2. The number of hydrogen-bond acceptors (Lipinski definition) is 6. The summed E-state index contributed by atoms with van der Waals surface area (Å²) in [6.45, 7) is 0.360. The highest BCUT2D eigenvalue weighted by Gasteiger charge is 2.45. The van der Waals surface area contributed by atoms with Gasteiger partial charge >= 0.3 is 12.5 Å². The number of nitrogens with zero attached hydrogens (tertiary/aromatic N) is 3. The van der Waals surface area contributed by atoms with E-state index in [0.717, 1.165) is 4.57 Å². The van der Waals surface area contributed by atoms with Gasteiger partial charge in [0.15, 0.2) is 11.5 Å². The van der Waals surface area contributed by atoms with E-state index in [2.05, 4.69) is 24.5 Å². The van der Waals surface area contributed by atoms with Crippen LogP contribution in [-0.2, 0) is 22.9 Å². The molecule has 40 heavy (non-hydrogen) atoms. The van der Waals surface area contributed by atoms with Crippen molar-refractivity contribution in [2.75, 3.05) is 26.7 Å². The summed E-state index contributed by atoms with van der Waals surface area (Å²) < 4.78 is 106. The van der Waals surface area contributed by atoms with Crippen molar-refractivity contribution in [1.82, 2.24) is 23.9 Å². The van der Waals surface area contributed by atoms with Gasteiger partial charge in [0.2, 0.25) is 5.82 Å². The number of imidazole rings is 1. The molecule has 5 rings (SSSR count). The van der Waals surface area contributed by atoms with E-state index in [-0.39, 0.29) is 46.1 Å². The van der Waals surface area contributed by atoms with Gasteiger partial charge in [-0.15, -0.1) is 8.78 Å². The van der Waals surface area contributed by atoms with E-state index in [1.807, 2.05) is 0 Å². The van der Waals surface area contributed by atoms with Gasteiger partial charge in [-0.3, -0.25) is 4.79 Å². The third-order valence-corrected chi connectivity index (χ3v) is 8.39. The lowest BCUT2D eigenvalue weighted by Crippen LogP contribution is -2.45. The standard InChI is InChI=1S/C24H24F5N5O5S/c1-30-40(36,37)33-9-7-14(8-10-33)12-31-21(35)15-5-6-18-17(11-15)32-22(23(25,26)27)34(18)13-16-3-2-4-19-20(16)39-24(28,29)38-19/h2-6,11,14,30H,7-10,12-13H2,1H3,(H,31,35). The van der Waals surface area contributed by atoms with Crippen LogP contribution in [0.1, 0.15) is 34.6 Å². The molecule has 1 amide bonds. The molecule has 10 nitrogen and oxygen atoms in total. The zero-order valence-corrected chi connectivity index (χ0v) is 21.8. The second-order valence-corrected chi connectivity index (χ2v) is 11.3. The lowest BCUT2D eigenvalue weighted by atomic mass is 9.98. The van der Waals surface area contributed by atoms with Gasteiger partial charge in [-0.2, -0.15) is 25.9 Å². The molecule has 3 heterocycles. The van der Waals surface area contributed by atoms with E-state index in [1.165, 1.54) is 47.8 Å². The van der Waals surface area contributed by atoms with Gasteiger partial charge < -0.3 is 19.4 Å². The van der Waals surface area contributed by atoms with E-state index >= 15 is 0 Å². The van der Waals surface area contributed by atoms with Crippen molar-refractivity contribution in [3.63, 3.8) is 0 Å². The Morgan fingerprint density at radius 1 is 1.15 bits per heavy atom. The number of halogens is 5. The smallest absolute Gasteiger partial charge is 0.395 e. The Labute approximate surface area is 225 Å². The molecule has 2 N–H and O–H groups in total. The highest BCUT2D eigenvalue weighted by molar-refractivity contribution is 7.87. The Bertz CT molecular complexity index is 1550. The largest absolute Gasteiger partial charge is 0.586 e. The summed E-state index contributed by atoms with van der Waals surface area (Å²) in [5.74, 6) is -2.43. The normalized spacial score (nSPS) is 17.9. The summed E-state index contributed by atoms with van der Waals surface area (Å²) in [5.41, 5.74) is 0.0267. The second-order valence-electron chi connectivity index (χ2n) is 9.40. The van der Waals surface area contributed by atoms with Crippen LogP contribution < -0.4 is 19.5 Å². The zero-order valence-electron chi connectivity index (χ0n) is 21.0. The number of amides is 1. The fraction of sp³-hybridized carbons (Fsp3) is 0.417. The number of hydrogen-bond donors (Lipinski definition) is 2. The molecular formula is C24H24F5N5O5S. The number of carbonyl (C=O) groups excluding carboxylic acids is 1. The van der Waals surface area contributed by atoms with Crippen LogP contribution in [0.4, 0.5) is 22.0 Å². The molecule has 2 aliphatic heterocycles. The number of rotatable bonds is 7. The van der Waals surface area contributed by atoms with Crippen molar-refractivity contribution < 1.29 is 44.6 Å². The molecule has 2 aliphatic rings. The Balaban J connectivity index is 1.34. The van der Waals surface area contributed by atoms with Crippen LogP contribution in [-0.4, -0.2) is 61.2 Å². The average Bonchev–Trinajstić information content (AvgIpc) is 3.43. The van der Waals surface area contributed by atoms with E-state index in [1.54, 1.807) is 0 Å². The van der Waals surface area contributed by atoms with Gasteiger partial charge in [-0.05, 0) is 43.0 Å². The molecule has 0 aliphatic carbocycles. The number of benzene rings is 2. The fourth-order valence-electron chi connectivity index (χ4n) is 4.79. The summed E-state index contributed by atoms with van der Waals surface area (Å²) in [7, 11) is -2.19. The first-order chi connectivity index (χ1) is 18.8. The molecule has 0 bridgehead atoms. The van der Waals surface area contributed by atoms with Crippen LogP contribution in [0.2, 0.25) is 0 Å². The van der Waals surface area contributed by atoms with Crippen LogP contribution in [0.3, 0.4) is 0 Å². The van der Waals surface area contributed by atoms with Crippen molar-refractivity contribution in [1.29, 1.82) is 0 Å². The monoisotopic (exact) mass is 589 g/mol. The van der Waals surface area contributed by atoms with Gasteiger partial charge in [-0.1, -0.05) is 12.1 Å². The lowest BCUT2D eigenvalue weighted by Gasteiger charge is -2.30. The maximum absolute atomic E-state index is 13.9. The highest BCUT2D eigenvalue weighted by Crippen LogP contribution is 2.44. The molecular weight excluding hydrogens is 565 g/mol. The summed E-state index contributed by atoms with van der Waals surface area (Å²) >= 11 is 0. The van der Waals surface area contributed by atoms with Crippen molar-refractivity contribution in [2.24, 2.45) is 5.92 Å². The highest BCUT2D eigenvalue weighted by atomic mass is 32.2. The maximum Gasteiger partial charge on any atom is 0.586 e. The first kappa shape index (κ1) is 28.0. The van der Waals surface area contributed by atoms with Crippen LogP contribution in [0.15, 0.2) is 36.4 Å². The number of carbonyl (C=O) groups is 1. The Morgan fingerprint density at radius 3 is 2.55 bits per heavy atom. The average molecular weight is 590 g/mol. The predicted molar refractivity (Wildman–Crippen MR) is 131 cm³/mol. The molecule has 3 aromatic rings. The number of fused-ring (bicyclic) bond motifs is 2. The third-order valence-electron chi connectivity index (χ3n) is 6.83. The van der Waals surface area contributed by atoms with Crippen molar-refractivity contribution >= 4 is 27.1 Å². The Morgan fingerprint density at radius 2 is 1.88 bits per heavy atom. The van der Waals surface area contributed by atoms with E-state index < -0.39 is 41.0 Å². The minimum absolute atomic E-state index is 0.0230. The number of ether oxygens (including phenoxy) is 2. The molecule has 1 fully saturated rings. The Hall–Kier alpha value is -3.50. The van der Waals surface area contributed by atoms with Crippen molar-refractivity contribution in [3.05, 3.63) is 53.3 Å². The molecule has 1 saturated heterocycles. The minimum Gasteiger partial charge on any atom is -0.395 e. The first-order valence-corrected chi connectivity index (χ1v) is 13.6. The molecule has 0 radical (unpaired) electrons. The quantitative estimate of drug-likeness (QED) is 0.409. The Kier molecular flexibility index (Phi) is 7.12. The van der Waals surface area contributed by atoms with E-state index in [4.69, 9.17) is 0 Å². The van der Waals surface area contributed by atoms with Gasteiger partial charge in [0, 0.05) is 37.8 Å². The van der Waals surface area contributed by atoms with Crippen molar-refractivity contribution in [3.8, 4) is 11.5 Å². The van der Waals surface area contributed by atoms with Crippen LogP contribution >= 0.6 is 0 Å². The van der Waals surface area contributed by atoms with E-state index in [9.17, 15) is 35.2 Å². The molecule has 216 valence electrons. The predicted octanol–water partition coefficient (Wildman–Crippen LogP) is 3.33. The molecule has 0 spiro atoms. The van der Waals surface area contributed by atoms with Crippen LogP contribution in [0.25, 0.3) is 11.0 Å². The summed E-state index contributed by atoms with van der Waals surface area (Å²) in [4.78, 5) is 16.5. The topological polar surface area (TPSA) is 115 Å². The number of para-hydroxylation sites is 1. The molecule has 0 saturated carbocycles. The molecule has 0 unspecified atom stereocenters. The van der Waals surface area contributed by atoms with Crippen LogP contribution in [0.5, 0.6) is 11.5 Å². The van der Waals surface area contributed by atoms with Crippen LogP contribution in [0, 0.1) is 5.92 Å². The third kappa shape index (κ3) is 5.55. The molecule has 0 atom stereocenters. The number of nitrogens with one attached hydrogen (secondary N) is 2. The molecule has 1 aromatic heterocycles. The fourth-order valence-corrected chi connectivity index (χ4v) is 5.74. The maximum atomic E-state index is 13.9. The number of piperidine rings is 1. The zero-order chi connectivity index (χ0) is 28.9. The second kappa shape index (κ2) is 10.2. The summed E-state index contributed by atoms with van der Waals surface area (Å²) in [6.07, 6.45) is -7.75. The molecule has 16 heteroatoms. The van der Waals surface area contributed by atoms with Gasteiger partial charge in [0.1, 0.15) is 0 Å². The van der Waals surface area contributed by atoms with E-state index in [0.29, 0.717) is 25.9 Å². The van der Waals surface area contributed by atoms with Crippen molar-refractivity contribution in [2.45, 2.75) is 31.9 Å². The SMILES string of the molecule is CNS(=O)(=O)N1CCC(CNC(=O)c2ccc3c(c2)nc(C(F)(F)F)n3Cc2cccc3c2OC(F)(F)O3)CC1. The molecule has 2 aromatic carbocycles. The minimum atomic E-state index is -4.88. The van der Waals surface area contributed by atoms with Gasteiger partial charge in [-0.25, -0.2) is 9.71 Å². The number of alkyl halides is 5. The summed E-state index contributed by atoms with van der Waals surface area (Å²) in [5, 5.41) is 2.75. The van der Waals surface area contributed by atoms with Gasteiger partial charge in [0.25, 0.3) is 16.1 Å². The van der Waals surface area contributed by atoms with Gasteiger partial charge in [0.05, 0.1) is 17.6 Å². The lowest BCUT2D eigenvalue weighted by molar-refractivity contribution is -0.287. The first-order valence-electron chi connectivity index (χ1n) is 12.2.